The molecule has 0 spiro atoms. The zero-order valence-electron chi connectivity index (χ0n) is 11.5. The highest BCUT2D eigenvalue weighted by atomic mass is 35.5. The van der Waals surface area contributed by atoms with Gasteiger partial charge in [0.1, 0.15) is 5.75 Å². The predicted molar refractivity (Wildman–Crippen MR) is 86.4 cm³/mol. The first-order valence-corrected chi connectivity index (χ1v) is 7.23. The van der Waals surface area contributed by atoms with Crippen LogP contribution >= 0.6 is 23.2 Å². The minimum absolute atomic E-state index is 0.109. The van der Waals surface area contributed by atoms with Gasteiger partial charge in [-0.15, -0.1) is 0 Å². The van der Waals surface area contributed by atoms with Crippen molar-refractivity contribution in [3.63, 3.8) is 0 Å². The standard InChI is InChI=1S/C16H15Cl2NO2/c1-21-14-8-4-5-11(16(14)18)9-10-15(20)19-13-7-3-2-6-12(13)17/h2-8H,9-10H2,1H3,(H,19,20). The lowest BCUT2D eigenvalue weighted by molar-refractivity contribution is -0.116. The largest absolute Gasteiger partial charge is 0.495 e. The van der Waals surface area contributed by atoms with Gasteiger partial charge in [0.15, 0.2) is 0 Å². The van der Waals surface area contributed by atoms with Gasteiger partial charge in [-0.3, -0.25) is 4.79 Å². The third kappa shape index (κ3) is 4.13. The second kappa shape index (κ2) is 7.34. The Balaban J connectivity index is 1.97. The highest BCUT2D eigenvalue weighted by Gasteiger charge is 2.10. The number of hydrogen-bond donors (Lipinski definition) is 1. The van der Waals surface area contributed by atoms with Gasteiger partial charge in [-0.05, 0) is 30.2 Å². The van der Waals surface area contributed by atoms with Crippen LogP contribution in [0, 0.1) is 0 Å². The first-order chi connectivity index (χ1) is 10.1. The molecule has 21 heavy (non-hydrogen) atoms. The highest BCUT2D eigenvalue weighted by Crippen LogP contribution is 2.28. The minimum atomic E-state index is -0.109. The first-order valence-electron chi connectivity index (χ1n) is 6.47. The summed E-state index contributed by atoms with van der Waals surface area (Å²) in [5, 5.41) is 3.85. The van der Waals surface area contributed by atoms with Gasteiger partial charge < -0.3 is 10.1 Å². The Hall–Kier alpha value is -1.71. The van der Waals surface area contributed by atoms with E-state index >= 15 is 0 Å². The average Bonchev–Trinajstić information content (AvgIpc) is 2.48. The number of carbonyl (C=O) groups is 1. The van der Waals surface area contributed by atoms with Crippen molar-refractivity contribution in [3.8, 4) is 5.75 Å². The molecule has 0 aliphatic rings. The number of nitrogens with one attached hydrogen (secondary N) is 1. The Morgan fingerprint density at radius 2 is 1.90 bits per heavy atom. The summed E-state index contributed by atoms with van der Waals surface area (Å²) in [6, 6.07) is 12.7. The van der Waals surface area contributed by atoms with Crippen LogP contribution in [0.2, 0.25) is 10.0 Å². The third-order valence-electron chi connectivity index (χ3n) is 3.03. The van der Waals surface area contributed by atoms with E-state index in [-0.39, 0.29) is 5.91 Å². The lowest BCUT2D eigenvalue weighted by Crippen LogP contribution is -2.12. The molecule has 5 heteroatoms. The normalized spacial score (nSPS) is 10.2. The molecular formula is C16H15Cl2NO2. The number of benzene rings is 2. The molecule has 0 aliphatic carbocycles. The summed E-state index contributed by atoms with van der Waals surface area (Å²) in [5.74, 6) is 0.502. The van der Waals surface area contributed by atoms with Gasteiger partial charge in [-0.25, -0.2) is 0 Å². The lowest BCUT2D eigenvalue weighted by Gasteiger charge is -2.09. The summed E-state index contributed by atoms with van der Waals surface area (Å²) in [6.45, 7) is 0. The van der Waals surface area contributed by atoms with Crippen LogP contribution in [0.3, 0.4) is 0 Å². The van der Waals surface area contributed by atoms with Crippen molar-refractivity contribution in [1.82, 2.24) is 0 Å². The molecule has 3 nitrogen and oxygen atoms in total. The zero-order valence-corrected chi connectivity index (χ0v) is 13.0. The summed E-state index contributed by atoms with van der Waals surface area (Å²) < 4.78 is 5.15. The molecular weight excluding hydrogens is 309 g/mol. The van der Waals surface area contributed by atoms with Gasteiger partial charge >= 0.3 is 0 Å². The van der Waals surface area contributed by atoms with Crippen LogP contribution in [0.5, 0.6) is 5.75 Å². The molecule has 1 N–H and O–H groups in total. The average molecular weight is 324 g/mol. The lowest BCUT2D eigenvalue weighted by atomic mass is 10.1. The topological polar surface area (TPSA) is 38.3 Å². The number of methoxy groups -OCH3 is 1. The van der Waals surface area contributed by atoms with Gasteiger partial charge in [-0.1, -0.05) is 47.5 Å². The monoisotopic (exact) mass is 323 g/mol. The Labute approximate surface area is 133 Å². The summed E-state index contributed by atoms with van der Waals surface area (Å²) in [5.41, 5.74) is 1.49. The smallest absolute Gasteiger partial charge is 0.224 e. The van der Waals surface area contributed by atoms with Crippen LogP contribution in [0.4, 0.5) is 5.69 Å². The molecule has 2 rings (SSSR count). The number of ether oxygens (including phenoxy) is 1. The number of halogens is 2. The first kappa shape index (κ1) is 15.7. The predicted octanol–water partition coefficient (Wildman–Crippen LogP) is 4.57. The number of para-hydroxylation sites is 1. The highest BCUT2D eigenvalue weighted by molar-refractivity contribution is 6.33. The molecule has 0 heterocycles. The molecule has 110 valence electrons. The van der Waals surface area contributed by atoms with Crippen molar-refractivity contribution in [2.45, 2.75) is 12.8 Å². The van der Waals surface area contributed by atoms with Gasteiger partial charge in [0.25, 0.3) is 0 Å². The maximum absolute atomic E-state index is 12.0. The Bertz CT molecular complexity index is 644. The van der Waals surface area contributed by atoms with Crippen LogP contribution in [-0.2, 0) is 11.2 Å². The molecule has 0 bridgehead atoms. The second-order valence-corrected chi connectivity index (χ2v) is 5.25. The van der Waals surface area contributed by atoms with Crippen LogP contribution in [-0.4, -0.2) is 13.0 Å². The van der Waals surface area contributed by atoms with Crippen LogP contribution < -0.4 is 10.1 Å². The minimum Gasteiger partial charge on any atom is -0.495 e. The molecule has 2 aromatic carbocycles. The summed E-state index contributed by atoms with van der Waals surface area (Å²) >= 11 is 12.2. The number of carbonyl (C=O) groups excluding carboxylic acids is 1. The molecule has 0 aliphatic heterocycles. The van der Waals surface area contributed by atoms with E-state index in [0.29, 0.717) is 34.3 Å². The molecule has 0 fully saturated rings. The molecule has 0 radical (unpaired) electrons. The number of anilines is 1. The molecule has 0 saturated heterocycles. The molecule has 0 atom stereocenters. The van der Waals surface area contributed by atoms with Crippen LogP contribution in [0.15, 0.2) is 42.5 Å². The number of hydrogen-bond acceptors (Lipinski definition) is 2. The van der Waals surface area contributed by atoms with E-state index in [9.17, 15) is 4.79 Å². The van der Waals surface area contributed by atoms with Crippen LogP contribution in [0.1, 0.15) is 12.0 Å². The molecule has 0 aromatic heterocycles. The number of amides is 1. The quantitative estimate of drug-likeness (QED) is 0.875. The second-order valence-electron chi connectivity index (χ2n) is 4.46. The van der Waals surface area contributed by atoms with Crippen molar-refractivity contribution < 1.29 is 9.53 Å². The van der Waals surface area contributed by atoms with Gasteiger partial charge in [-0.2, -0.15) is 0 Å². The zero-order chi connectivity index (χ0) is 15.2. The number of aryl methyl sites for hydroxylation is 1. The van der Waals surface area contributed by atoms with E-state index in [2.05, 4.69) is 5.32 Å². The molecule has 0 unspecified atom stereocenters. The van der Waals surface area contributed by atoms with Crippen molar-refractivity contribution in [3.05, 3.63) is 58.1 Å². The fourth-order valence-corrected chi connectivity index (χ4v) is 2.41. The number of rotatable bonds is 5. The Kier molecular flexibility index (Phi) is 5.48. The fourth-order valence-electron chi connectivity index (χ4n) is 1.93. The van der Waals surface area contributed by atoms with Gasteiger partial charge in [0.05, 0.1) is 22.8 Å². The van der Waals surface area contributed by atoms with Gasteiger partial charge in [0, 0.05) is 6.42 Å². The van der Waals surface area contributed by atoms with Crippen molar-refractivity contribution in [1.29, 1.82) is 0 Å². The fraction of sp³-hybridized carbons (Fsp3) is 0.188. The molecule has 2 aromatic rings. The summed E-state index contributed by atoms with van der Waals surface area (Å²) in [7, 11) is 1.56. The van der Waals surface area contributed by atoms with Crippen LogP contribution in [0.25, 0.3) is 0 Å². The SMILES string of the molecule is COc1cccc(CCC(=O)Nc2ccccc2Cl)c1Cl. The van der Waals surface area contributed by atoms with E-state index in [4.69, 9.17) is 27.9 Å². The molecule has 1 amide bonds. The maximum Gasteiger partial charge on any atom is 0.224 e. The van der Waals surface area contributed by atoms with Gasteiger partial charge in [0.2, 0.25) is 5.91 Å². The van der Waals surface area contributed by atoms with E-state index in [1.165, 1.54) is 0 Å². The van der Waals surface area contributed by atoms with Crippen molar-refractivity contribution in [2.75, 3.05) is 12.4 Å². The Morgan fingerprint density at radius 3 is 2.62 bits per heavy atom. The maximum atomic E-state index is 12.0. The Morgan fingerprint density at radius 1 is 1.14 bits per heavy atom. The van der Waals surface area contributed by atoms with Crippen molar-refractivity contribution >= 4 is 34.8 Å². The van der Waals surface area contributed by atoms with E-state index in [1.807, 2.05) is 24.3 Å². The third-order valence-corrected chi connectivity index (χ3v) is 3.79. The van der Waals surface area contributed by atoms with Crippen molar-refractivity contribution in [2.24, 2.45) is 0 Å². The van der Waals surface area contributed by atoms with E-state index in [1.54, 1.807) is 25.3 Å². The van der Waals surface area contributed by atoms with E-state index in [0.717, 1.165) is 5.56 Å². The summed E-state index contributed by atoms with van der Waals surface area (Å²) in [4.78, 5) is 12.0. The van der Waals surface area contributed by atoms with E-state index < -0.39 is 0 Å². The molecule has 0 saturated carbocycles. The summed E-state index contributed by atoms with van der Waals surface area (Å²) in [6.07, 6.45) is 0.852.